The van der Waals surface area contributed by atoms with E-state index >= 15 is 0 Å². The van der Waals surface area contributed by atoms with Gasteiger partial charge < -0.3 is 19.3 Å². The number of fused-ring (bicyclic) bond motifs is 1. The predicted octanol–water partition coefficient (Wildman–Crippen LogP) is 2.01. The van der Waals surface area contributed by atoms with E-state index < -0.39 is 0 Å². The van der Waals surface area contributed by atoms with Gasteiger partial charge in [0.15, 0.2) is 0 Å². The molecule has 0 saturated carbocycles. The monoisotopic (exact) mass is 446 g/mol. The lowest BCUT2D eigenvalue weighted by Crippen LogP contribution is -2.46. The Labute approximate surface area is 186 Å². The zero-order valence-electron chi connectivity index (χ0n) is 18.2. The number of rotatable bonds is 6. The standard InChI is InChI=1S/C22H30N4O4S/c1-3-25(4-2)18(27)15-24-8-13-30-17(14-24)19-16-6-5-7-23-21(16)31-20(19)22(28)26-9-11-29-12-10-26/h5-7,17H,3-4,8-15H2,1-2H3/t17-/m0/s1. The number of nitrogens with zero attached hydrogens (tertiary/aromatic N) is 4. The molecule has 2 amide bonds. The molecule has 0 N–H and O–H groups in total. The Kier molecular flexibility index (Phi) is 7.16. The second kappa shape index (κ2) is 10.0. The van der Waals surface area contributed by atoms with Crippen LogP contribution in [-0.4, -0.2) is 97.1 Å². The normalized spacial score (nSPS) is 20.2. The van der Waals surface area contributed by atoms with Crippen molar-refractivity contribution in [2.75, 3.05) is 65.6 Å². The van der Waals surface area contributed by atoms with E-state index in [2.05, 4.69) is 9.88 Å². The molecule has 2 aliphatic heterocycles. The summed E-state index contributed by atoms with van der Waals surface area (Å²) in [4.78, 5) is 37.9. The van der Waals surface area contributed by atoms with Gasteiger partial charge in [0, 0.05) is 56.4 Å². The summed E-state index contributed by atoms with van der Waals surface area (Å²) >= 11 is 1.43. The highest BCUT2D eigenvalue weighted by molar-refractivity contribution is 7.20. The molecule has 2 fully saturated rings. The molecule has 0 unspecified atom stereocenters. The first-order valence-corrected chi connectivity index (χ1v) is 11.8. The maximum Gasteiger partial charge on any atom is 0.264 e. The molecule has 0 spiro atoms. The van der Waals surface area contributed by atoms with E-state index in [1.807, 2.05) is 35.8 Å². The fraction of sp³-hybridized carbons (Fsp3) is 0.591. The Hall–Kier alpha value is -2.07. The molecule has 0 aromatic carbocycles. The number of aromatic nitrogens is 1. The summed E-state index contributed by atoms with van der Waals surface area (Å²) in [7, 11) is 0. The third kappa shape index (κ3) is 4.74. The van der Waals surface area contributed by atoms with Crippen LogP contribution in [0.15, 0.2) is 18.3 Å². The SMILES string of the molecule is CCN(CC)C(=O)CN1CCO[C@H](c2c(C(=O)N3CCOCC3)sc3ncccc23)C1. The highest BCUT2D eigenvalue weighted by Crippen LogP contribution is 2.38. The van der Waals surface area contributed by atoms with Crippen molar-refractivity contribution in [2.24, 2.45) is 0 Å². The Balaban J connectivity index is 1.60. The maximum absolute atomic E-state index is 13.4. The maximum atomic E-state index is 13.4. The van der Waals surface area contributed by atoms with Gasteiger partial charge in [-0.2, -0.15) is 0 Å². The molecule has 2 saturated heterocycles. The average molecular weight is 447 g/mol. The van der Waals surface area contributed by atoms with Crippen LogP contribution in [0.1, 0.15) is 35.2 Å². The quantitative estimate of drug-likeness (QED) is 0.676. The Morgan fingerprint density at radius 2 is 1.97 bits per heavy atom. The van der Waals surface area contributed by atoms with Crippen molar-refractivity contribution >= 4 is 33.4 Å². The van der Waals surface area contributed by atoms with E-state index in [9.17, 15) is 9.59 Å². The van der Waals surface area contributed by atoms with Crippen LogP contribution in [0.2, 0.25) is 0 Å². The molecule has 31 heavy (non-hydrogen) atoms. The number of pyridine rings is 1. The van der Waals surface area contributed by atoms with Gasteiger partial charge >= 0.3 is 0 Å². The molecule has 4 heterocycles. The topological polar surface area (TPSA) is 75.2 Å². The van der Waals surface area contributed by atoms with Gasteiger partial charge in [0.25, 0.3) is 5.91 Å². The van der Waals surface area contributed by atoms with Crippen molar-refractivity contribution in [3.8, 4) is 0 Å². The van der Waals surface area contributed by atoms with Gasteiger partial charge in [0.1, 0.15) is 9.71 Å². The first-order valence-electron chi connectivity index (χ1n) is 11.0. The summed E-state index contributed by atoms with van der Waals surface area (Å²) in [6, 6.07) is 3.90. The third-order valence-corrected chi connectivity index (χ3v) is 7.06. The number of likely N-dealkylation sites (N-methyl/N-ethyl adjacent to an activating group) is 1. The van der Waals surface area contributed by atoms with Gasteiger partial charge in [0.2, 0.25) is 5.91 Å². The van der Waals surface area contributed by atoms with Crippen LogP contribution in [-0.2, 0) is 14.3 Å². The number of hydrogen-bond acceptors (Lipinski definition) is 7. The number of carbonyl (C=O) groups is 2. The molecule has 2 aliphatic rings. The number of morpholine rings is 2. The van der Waals surface area contributed by atoms with Crippen molar-refractivity contribution in [2.45, 2.75) is 20.0 Å². The predicted molar refractivity (Wildman–Crippen MR) is 119 cm³/mol. The number of thiophene rings is 1. The molecule has 0 radical (unpaired) electrons. The summed E-state index contributed by atoms with van der Waals surface area (Å²) in [6.07, 6.45) is 1.48. The molecule has 0 aliphatic carbocycles. The molecule has 0 bridgehead atoms. The Morgan fingerprint density at radius 3 is 2.71 bits per heavy atom. The Morgan fingerprint density at radius 1 is 1.19 bits per heavy atom. The van der Waals surface area contributed by atoms with Gasteiger partial charge in [-0.15, -0.1) is 11.3 Å². The summed E-state index contributed by atoms with van der Waals surface area (Å²) in [5.41, 5.74) is 0.907. The molecule has 4 rings (SSSR count). The second-order valence-electron chi connectivity index (χ2n) is 7.77. The van der Waals surface area contributed by atoms with Crippen LogP contribution in [0.25, 0.3) is 10.2 Å². The van der Waals surface area contributed by atoms with Crippen LogP contribution >= 0.6 is 11.3 Å². The van der Waals surface area contributed by atoms with Gasteiger partial charge in [-0.1, -0.05) is 6.07 Å². The van der Waals surface area contributed by atoms with Crippen LogP contribution in [0.5, 0.6) is 0 Å². The van der Waals surface area contributed by atoms with E-state index in [0.29, 0.717) is 70.5 Å². The molecule has 9 heteroatoms. The molecule has 2 aromatic heterocycles. The Bertz CT molecular complexity index is 923. The second-order valence-corrected chi connectivity index (χ2v) is 8.77. The lowest BCUT2D eigenvalue weighted by Gasteiger charge is -2.34. The first kappa shape index (κ1) is 22.1. The summed E-state index contributed by atoms with van der Waals surface area (Å²) in [5.74, 6) is 0.147. The summed E-state index contributed by atoms with van der Waals surface area (Å²) in [5, 5.41) is 0.964. The highest BCUT2D eigenvalue weighted by atomic mass is 32.1. The van der Waals surface area contributed by atoms with Crippen molar-refractivity contribution < 1.29 is 19.1 Å². The van der Waals surface area contributed by atoms with E-state index in [0.717, 1.165) is 15.8 Å². The van der Waals surface area contributed by atoms with E-state index in [1.165, 1.54) is 11.3 Å². The first-order chi connectivity index (χ1) is 15.1. The fourth-order valence-electron chi connectivity index (χ4n) is 4.23. The van der Waals surface area contributed by atoms with Crippen molar-refractivity contribution in [3.05, 3.63) is 28.8 Å². The van der Waals surface area contributed by atoms with E-state index in [-0.39, 0.29) is 17.9 Å². The van der Waals surface area contributed by atoms with Crippen LogP contribution in [0.3, 0.4) is 0 Å². The minimum atomic E-state index is -0.267. The van der Waals surface area contributed by atoms with Crippen molar-refractivity contribution in [1.82, 2.24) is 19.7 Å². The molecular formula is C22H30N4O4S. The number of ether oxygens (including phenoxy) is 2. The van der Waals surface area contributed by atoms with E-state index in [1.54, 1.807) is 6.20 Å². The van der Waals surface area contributed by atoms with Crippen molar-refractivity contribution in [3.63, 3.8) is 0 Å². The van der Waals surface area contributed by atoms with Gasteiger partial charge in [-0.3, -0.25) is 14.5 Å². The van der Waals surface area contributed by atoms with Crippen LogP contribution in [0, 0.1) is 0 Å². The van der Waals surface area contributed by atoms with Gasteiger partial charge in [-0.05, 0) is 19.9 Å². The molecule has 2 aromatic rings. The molecule has 168 valence electrons. The summed E-state index contributed by atoms with van der Waals surface area (Å²) < 4.78 is 11.6. The van der Waals surface area contributed by atoms with Crippen LogP contribution < -0.4 is 0 Å². The number of amides is 2. The zero-order chi connectivity index (χ0) is 21.8. The fourth-order valence-corrected chi connectivity index (χ4v) is 5.39. The molecule has 1 atom stereocenters. The highest BCUT2D eigenvalue weighted by Gasteiger charge is 2.33. The largest absolute Gasteiger partial charge is 0.378 e. The lowest BCUT2D eigenvalue weighted by atomic mass is 10.0. The minimum Gasteiger partial charge on any atom is -0.378 e. The van der Waals surface area contributed by atoms with Crippen molar-refractivity contribution in [1.29, 1.82) is 0 Å². The number of carbonyl (C=O) groups excluding carboxylic acids is 2. The minimum absolute atomic E-state index is 0.0150. The van der Waals surface area contributed by atoms with Crippen LogP contribution in [0.4, 0.5) is 0 Å². The zero-order valence-corrected chi connectivity index (χ0v) is 19.0. The molecule has 8 nitrogen and oxygen atoms in total. The van der Waals surface area contributed by atoms with Gasteiger partial charge in [0.05, 0.1) is 32.5 Å². The van der Waals surface area contributed by atoms with E-state index in [4.69, 9.17) is 9.47 Å². The van der Waals surface area contributed by atoms with Gasteiger partial charge in [-0.25, -0.2) is 4.98 Å². The third-order valence-electron chi connectivity index (χ3n) is 5.94. The average Bonchev–Trinajstić information content (AvgIpc) is 3.20. The smallest absolute Gasteiger partial charge is 0.264 e. The summed E-state index contributed by atoms with van der Waals surface area (Å²) in [6.45, 7) is 9.91. The molecular weight excluding hydrogens is 416 g/mol. The number of hydrogen-bond donors (Lipinski definition) is 0. The lowest BCUT2D eigenvalue weighted by molar-refractivity contribution is -0.134.